The summed E-state index contributed by atoms with van der Waals surface area (Å²) in [5.74, 6) is 0. The van der Waals surface area contributed by atoms with Gasteiger partial charge >= 0.3 is 0 Å². The van der Waals surface area contributed by atoms with Crippen molar-refractivity contribution in [3.05, 3.63) is 30.1 Å². The van der Waals surface area contributed by atoms with Crippen molar-refractivity contribution in [1.29, 1.82) is 0 Å². The number of rotatable bonds is 1. The Balaban J connectivity index is 2.19. The van der Waals surface area contributed by atoms with Crippen molar-refractivity contribution in [2.24, 2.45) is 0 Å². The van der Waals surface area contributed by atoms with Crippen LogP contribution in [0.2, 0.25) is 0 Å². The fourth-order valence-corrected chi connectivity index (χ4v) is 1.58. The summed E-state index contributed by atoms with van der Waals surface area (Å²) in [6.45, 7) is 2.19. The SMILES string of the molecule is CN1CCN[C@H]1c1ccncc1. The van der Waals surface area contributed by atoms with Crippen LogP contribution in [0.15, 0.2) is 24.5 Å². The zero-order chi connectivity index (χ0) is 8.39. The molecule has 2 heterocycles. The minimum Gasteiger partial charge on any atom is -0.297 e. The molecule has 1 aromatic rings. The Morgan fingerprint density at radius 3 is 2.83 bits per heavy atom. The summed E-state index contributed by atoms with van der Waals surface area (Å²) in [5.41, 5.74) is 1.30. The number of likely N-dealkylation sites (N-methyl/N-ethyl adjacent to an activating group) is 1. The van der Waals surface area contributed by atoms with E-state index in [1.54, 1.807) is 0 Å². The molecular weight excluding hydrogens is 150 g/mol. The molecule has 1 atom stereocenters. The second-order valence-electron chi connectivity index (χ2n) is 3.12. The van der Waals surface area contributed by atoms with Gasteiger partial charge in [0.05, 0.1) is 6.17 Å². The molecular formula is C9H13N3. The molecule has 0 aromatic carbocycles. The highest BCUT2D eigenvalue weighted by Crippen LogP contribution is 2.17. The molecule has 1 N–H and O–H groups in total. The Morgan fingerprint density at radius 1 is 1.50 bits per heavy atom. The van der Waals surface area contributed by atoms with Gasteiger partial charge in [-0.3, -0.25) is 15.2 Å². The minimum absolute atomic E-state index is 0.382. The maximum absolute atomic E-state index is 4.00. The molecule has 1 saturated heterocycles. The third-order valence-electron chi connectivity index (χ3n) is 2.26. The minimum atomic E-state index is 0.382. The molecule has 3 heteroatoms. The first-order valence-electron chi connectivity index (χ1n) is 4.21. The van der Waals surface area contributed by atoms with Crippen LogP contribution in [-0.4, -0.2) is 30.0 Å². The lowest BCUT2D eigenvalue weighted by Gasteiger charge is -2.18. The van der Waals surface area contributed by atoms with Gasteiger partial charge in [-0.1, -0.05) is 0 Å². The molecule has 0 spiro atoms. The van der Waals surface area contributed by atoms with Crippen molar-refractivity contribution in [1.82, 2.24) is 15.2 Å². The second kappa shape index (κ2) is 3.21. The van der Waals surface area contributed by atoms with E-state index in [0.717, 1.165) is 13.1 Å². The quantitative estimate of drug-likeness (QED) is 0.657. The van der Waals surface area contributed by atoms with E-state index in [0.29, 0.717) is 6.17 Å². The van der Waals surface area contributed by atoms with E-state index in [4.69, 9.17) is 0 Å². The van der Waals surface area contributed by atoms with Crippen LogP contribution in [0.1, 0.15) is 11.7 Å². The largest absolute Gasteiger partial charge is 0.297 e. The van der Waals surface area contributed by atoms with E-state index in [2.05, 4.69) is 34.4 Å². The molecule has 1 aromatic heterocycles. The highest BCUT2D eigenvalue weighted by molar-refractivity contribution is 5.15. The molecule has 1 aliphatic rings. The topological polar surface area (TPSA) is 28.2 Å². The van der Waals surface area contributed by atoms with Gasteiger partial charge in [0.15, 0.2) is 0 Å². The molecule has 12 heavy (non-hydrogen) atoms. The fourth-order valence-electron chi connectivity index (χ4n) is 1.58. The van der Waals surface area contributed by atoms with Gasteiger partial charge in [-0.05, 0) is 24.7 Å². The first-order chi connectivity index (χ1) is 5.88. The Hall–Kier alpha value is -0.930. The van der Waals surface area contributed by atoms with Gasteiger partial charge in [0, 0.05) is 25.5 Å². The Labute approximate surface area is 72.4 Å². The van der Waals surface area contributed by atoms with E-state index in [9.17, 15) is 0 Å². The lowest BCUT2D eigenvalue weighted by molar-refractivity contribution is 0.301. The molecule has 0 radical (unpaired) electrons. The molecule has 1 fully saturated rings. The highest BCUT2D eigenvalue weighted by atomic mass is 15.3. The van der Waals surface area contributed by atoms with Gasteiger partial charge in [0.25, 0.3) is 0 Å². The van der Waals surface area contributed by atoms with Crippen LogP contribution >= 0.6 is 0 Å². The van der Waals surface area contributed by atoms with Crippen LogP contribution in [0.3, 0.4) is 0 Å². The zero-order valence-corrected chi connectivity index (χ0v) is 7.20. The predicted molar refractivity (Wildman–Crippen MR) is 47.6 cm³/mol. The monoisotopic (exact) mass is 163 g/mol. The third kappa shape index (κ3) is 1.33. The Morgan fingerprint density at radius 2 is 2.25 bits per heavy atom. The molecule has 0 bridgehead atoms. The molecule has 0 aliphatic carbocycles. The lowest BCUT2D eigenvalue weighted by atomic mass is 10.2. The molecule has 3 nitrogen and oxygen atoms in total. The smallest absolute Gasteiger partial charge is 0.0860 e. The van der Waals surface area contributed by atoms with Gasteiger partial charge in [0.1, 0.15) is 0 Å². The van der Waals surface area contributed by atoms with Crippen molar-refractivity contribution in [3.8, 4) is 0 Å². The van der Waals surface area contributed by atoms with E-state index in [1.165, 1.54) is 5.56 Å². The number of aromatic nitrogens is 1. The van der Waals surface area contributed by atoms with Crippen molar-refractivity contribution < 1.29 is 0 Å². The lowest BCUT2D eigenvalue weighted by Crippen LogP contribution is -2.23. The number of hydrogen-bond donors (Lipinski definition) is 1. The van der Waals surface area contributed by atoms with Crippen molar-refractivity contribution in [3.63, 3.8) is 0 Å². The number of pyridine rings is 1. The number of hydrogen-bond acceptors (Lipinski definition) is 3. The third-order valence-corrected chi connectivity index (χ3v) is 2.26. The Bertz CT molecular complexity index is 247. The average molecular weight is 163 g/mol. The van der Waals surface area contributed by atoms with Crippen LogP contribution in [-0.2, 0) is 0 Å². The first-order valence-corrected chi connectivity index (χ1v) is 4.21. The van der Waals surface area contributed by atoms with E-state index in [-0.39, 0.29) is 0 Å². The summed E-state index contributed by atoms with van der Waals surface area (Å²) in [6.07, 6.45) is 4.06. The number of nitrogens with one attached hydrogen (secondary N) is 1. The van der Waals surface area contributed by atoms with Gasteiger partial charge in [0.2, 0.25) is 0 Å². The highest BCUT2D eigenvalue weighted by Gasteiger charge is 2.20. The normalized spacial score (nSPS) is 24.6. The molecule has 0 amide bonds. The summed E-state index contributed by atoms with van der Waals surface area (Å²) in [5, 5.41) is 3.42. The summed E-state index contributed by atoms with van der Waals surface area (Å²) >= 11 is 0. The molecule has 0 saturated carbocycles. The fraction of sp³-hybridized carbons (Fsp3) is 0.444. The molecule has 2 rings (SSSR count). The second-order valence-corrected chi connectivity index (χ2v) is 3.12. The van der Waals surface area contributed by atoms with Crippen LogP contribution in [0.25, 0.3) is 0 Å². The maximum Gasteiger partial charge on any atom is 0.0860 e. The van der Waals surface area contributed by atoms with Gasteiger partial charge in [-0.15, -0.1) is 0 Å². The van der Waals surface area contributed by atoms with Crippen LogP contribution in [0.4, 0.5) is 0 Å². The number of nitrogens with zero attached hydrogens (tertiary/aromatic N) is 2. The van der Waals surface area contributed by atoms with Crippen molar-refractivity contribution in [2.75, 3.05) is 20.1 Å². The summed E-state index contributed by atoms with van der Waals surface area (Å²) < 4.78 is 0. The van der Waals surface area contributed by atoms with Crippen LogP contribution in [0.5, 0.6) is 0 Å². The van der Waals surface area contributed by atoms with Gasteiger partial charge < -0.3 is 0 Å². The molecule has 64 valence electrons. The van der Waals surface area contributed by atoms with Crippen LogP contribution in [0, 0.1) is 0 Å². The zero-order valence-electron chi connectivity index (χ0n) is 7.20. The average Bonchev–Trinajstić information content (AvgIpc) is 2.53. The maximum atomic E-state index is 4.00. The first kappa shape index (κ1) is 7.71. The van der Waals surface area contributed by atoms with E-state index < -0.39 is 0 Å². The van der Waals surface area contributed by atoms with Crippen molar-refractivity contribution in [2.45, 2.75) is 6.17 Å². The van der Waals surface area contributed by atoms with Gasteiger partial charge in [-0.25, -0.2) is 0 Å². The van der Waals surface area contributed by atoms with Crippen molar-refractivity contribution >= 4 is 0 Å². The molecule has 0 unspecified atom stereocenters. The summed E-state index contributed by atoms with van der Waals surface area (Å²) in [7, 11) is 2.13. The Kier molecular flexibility index (Phi) is 2.06. The summed E-state index contributed by atoms with van der Waals surface area (Å²) in [4.78, 5) is 6.30. The van der Waals surface area contributed by atoms with E-state index in [1.807, 2.05) is 12.4 Å². The predicted octanol–water partition coefficient (Wildman–Crippen LogP) is 0.615. The summed E-state index contributed by atoms with van der Waals surface area (Å²) in [6, 6.07) is 4.11. The van der Waals surface area contributed by atoms with E-state index >= 15 is 0 Å². The standard InChI is InChI=1S/C9H13N3/c1-12-7-6-11-9(12)8-2-4-10-5-3-8/h2-5,9,11H,6-7H2,1H3/t9-/m1/s1. The van der Waals surface area contributed by atoms with Gasteiger partial charge in [-0.2, -0.15) is 0 Å². The van der Waals surface area contributed by atoms with Crippen LogP contribution < -0.4 is 5.32 Å². The molecule has 1 aliphatic heterocycles.